The second-order valence-corrected chi connectivity index (χ2v) is 9.49. The summed E-state index contributed by atoms with van der Waals surface area (Å²) in [6.45, 7) is 2.92. The van der Waals surface area contributed by atoms with Crippen LogP contribution in [0, 0.1) is 5.41 Å². The molecule has 0 radical (unpaired) electrons. The van der Waals surface area contributed by atoms with Gasteiger partial charge in [-0.25, -0.2) is 4.98 Å². The van der Waals surface area contributed by atoms with E-state index in [2.05, 4.69) is 9.97 Å². The number of methoxy groups -OCH3 is 1. The Morgan fingerprint density at radius 2 is 1.85 bits per heavy atom. The maximum absolute atomic E-state index is 13.1. The average molecular weight is 467 g/mol. The van der Waals surface area contributed by atoms with E-state index in [1.54, 1.807) is 19.5 Å². The smallest absolute Gasteiger partial charge is 0.256 e. The van der Waals surface area contributed by atoms with Crippen LogP contribution in [0.2, 0.25) is 5.02 Å². The SMILES string of the molecule is COc1ccc(CCC(=O)N2CC3(CCN(C(=O)c4cnc5[nH]ccc5c4Cl)CC3)C2)cc1. The van der Waals surface area contributed by atoms with Gasteiger partial charge in [0.15, 0.2) is 0 Å². The largest absolute Gasteiger partial charge is 0.497 e. The predicted molar refractivity (Wildman–Crippen MR) is 127 cm³/mol. The van der Waals surface area contributed by atoms with E-state index in [0.29, 0.717) is 35.7 Å². The van der Waals surface area contributed by atoms with Crippen LogP contribution in [0.4, 0.5) is 0 Å². The Hall–Kier alpha value is -3.06. The van der Waals surface area contributed by atoms with E-state index < -0.39 is 0 Å². The van der Waals surface area contributed by atoms with Gasteiger partial charge in [-0.3, -0.25) is 9.59 Å². The van der Waals surface area contributed by atoms with Gasteiger partial charge in [0, 0.05) is 55.8 Å². The number of nitrogens with zero attached hydrogens (tertiary/aromatic N) is 3. The molecule has 2 aliphatic heterocycles. The average Bonchev–Trinajstić information content (AvgIpc) is 3.31. The normalized spacial score (nSPS) is 17.3. The maximum Gasteiger partial charge on any atom is 0.256 e. The summed E-state index contributed by atoms with van der Waals surface area (Å²) in [4.78, 5) is 36.8. The molecule has 1 N–H and O–H groups in total. The number of piperidine rings is 1. The number of H-pyrrole nitrogens is 1. The molecule has 172 valence electrons. The van der Waals surface area contributed by atoms with Crippen LogP contribution in [0.1, 0.15) is 35.2 Å². The summed E-state index contributed by atoms with van der Waals surface area (Å²) in [5.41, 5.74) is 2.40. The molecule has 0 aliphatic carbocycles. The van der Waals surface area contributed by atoms with Gasteiger partial charge in [-0.1, -0.05) is 23.7 Å². The number of halogens is 1. The lowest BCUT2D eigenvalue weighted by Gasteiger charge is -2.54. The van der Waals surface area contributed by atoms with Crippen molar-refractivity contribution in [2.24, 2.45) is 5.41 Å². The number of aromatic amines is 1. The predicted octanol–water partition coefficient (Wildman–Crippen LogP) is 3.92. The molecule has 1 spiro atoms. The number of carbonyl (C=O) groups is 2. The Kier molecular flexibility index (Phi) is 5.74. The van der Waals surface area contributed by atoms with Crippen LogP contribution in [0.25, 0.3) is 11.0 Å². The van der Waals surface area contributed by atoms with Gasteiger partial charge in [-0.05, 0) is 43.0 Å². The van der Waals surface area contributed by atoms with E-state index in [-0.39, 0.29) is 17.2 Å². The third kappa shape index (κ3) is 4.17. The molecule has 1 aromatic carbocycles. The molecule has 0 bridgehead atoms. The summed E-state index contributed by atoms with van der Waals surface area (Å²) in [7, 11) is 1.65. The highest BCUT2D eigenvalue weighted by atomic mass is 35.5. The van der Waals surface area contributed by atoms with E-state index in [4.69, 9.17) is 16.3 Å². The topological polar surface area (TPSA) is 78.5 Å². The van der Waals surface area contributed by atoms with Gasteiger partial charge in [-0.15, -0.1) is 0 Å². The summed E-state index contributed by atoms with van der Waals surface area (Å²) < 4.78 is 5.18. The Bertz CT molecular complexity index is 1170. The fraction of sp³-hybridized carbons (Fsp3) is 0.400. The number of amides is 2. The first-order valence-electron chi connectivity index (χ1n) is 11.3. The number of rotatable bonds is 5. The molecule has 7 nitrogen and oxygen atoms in total. The zero-order chi connectivity index (χ0) is 23.0. The molecular formula is C25H27ClN4O3. The quantitative estimate of drug-likeness (QED) is 0.618. The van der Waals surface area contributed by atoms with Crippen molar-refractivity contribution < 1.29 is 14.3 Å². The summed E-state index contributed by atoms with van der Waals surface area (Å²) >= 11 is 6.48. The van der Waals surface area contributed by atoms with Gasteiger partial charge in [-0.2, -0.15) is 0 Å². The molecule has 2 aliphatic rings. The van der Waals surface area contributed by atoms with Crippen molar-refractivity contribution in [3.63, 3.8) is 0 Å². The van der Waals surface area contributed by atoms with Gasteiger partial charge in [0.25, 0.3) is 5.91 Å². The number of nitrogens with one attached hydrogen (secondary N) is 1. The number of hydrogen-bond donors (Lipinski definition) is 1. The summed E-state index contributed by atoms with van der Waals surface area (Å²) in [6, 6.07) is 9.69. The number of fused-ring (bicyclic) bond motifs is 1. The lowest BCUT2D eigenvalue weighted by molar-refractivity contribution is -0.146. The highest BCUT2D eigenvalue weighted by Gasteiger charge is 2.47. The molecule has 0 saturated carbocycles. The van der Waals surface area contributed by atoms with Gasteiger partial charge in [0.05, 0.1) is 17.7 Å². The Morgan fingerprint density at radius 1 is 1.12 bits per heavy atom. The summed E-state index contributed by atoms with van der Waals surface area (Å²) in [5, 5.41) is 1.21. The molecule has 8 heteroatoms. The first-order valence-corrected chi connectivity index (χ1v) is 11.7. The monoisotopic (exact) mass is 466 g/mol. The fourth-order valence-electron chi connectivity index (χ4n) is 4.94. The molecule has 0 atom stereocenters. The Labute approximate surface area is 197 Å². The molecule has 2 amide bonds. The van der Waals surface area contributed by atoms with Gasteiger partial charge >= 0.3 is 0 Å². The fourth-order valence-corrected chi connectivity index (χ4v) is 5.22. The van der Waals surface area contributed by atoms with E-state index in [1.807, 2.05) is 40.1 Å². The highest BCUT2D eigenvalue weighted by molar-refractivity contribution is 6.38. The third-order valence-electron chi connectivity index (χ3n) is 7.05. The zero-order valence-electron chi connectivity index (χ0n) is 18.6. The summed E-state index contributed by atoms with van der Waals surface area (Å²) in [5.74, 6) is 0.952. The number of aryl methyl sites for hydroxylation is 1. The number of pyridine rings is 1. The molecule has 0 unspecified atom stereocenters. The van der Waals surface area contributed by atoms with Crippen LogP contribution in [0.15, 0.2) is 42.7 Å². The second-order valence-electron chi connectivity index (χ2n) is 9.12. The first-order chi connectivity index (χ1) is 16.0. The lowest BCUT2D eigenvalue weighted by atomic mass is 9.71. The molecule has 33 heavy (non-hydrogen) atoms. The maximum atomic E-state index is 13.1. The van der Waals surface area contributed by atoms with E-state index in [0.717, 1.165) is 49.1 Å². The number of aromatic nitrogens is 2. The van der Waals surface area contributed by atoms with E-state index >= 15 is 0 Å². The van der Waals surface area contributed by atoms with Crippen molar-refractivity contribution in [2.75, 3.05) is 33.3 Å². The van der Waals surface area contributed by atoms with Crippen LogP contribution in [-0.4, -0.2) is 64.9 Å². The molecule has 5 rings (SSSR count). The van der Waals surface area contributed by atoms with Crippen LogP contribution in [0.3, 0.4) is 0 Å². The molecule has 3 aromatic rings. The number of benzene rings is 1. The van der Waals surface area contributed by atoms with Gasteiger partial charge in [0.2, 0.25) is 5.91 Å². The minimum Gasteiger partial charge on any atom is -0.497 e. The zero-order valence-corrected chi connectivity index (χ0v) is 19.4. The third-order valence-corrected chi connectivity index (χ3v) is 7.46. The molecule has 2 fully saturated rings. The van der Waals surface area contributed by atoms with Crippen molar-refractivity contribution >= 4 is 34.4 Å². The van der Waals surface area contributed by atoms with Crippen LogP contribution in [-0.2, 0) is 11.2 Å². The van der Waals surface area contributed by atoms with Crippen LogP contribution >= 0.6 is 11.6 Å². The summed E-state index contributed by atoms with van der Waals surface area (Å²) in [6.07, 6.45) is 6.37. The van der Waals surface area contributed by atoms with E-state index in [1.165, 1.54) is 0 Å². The second kappa shape index (κ2) is 8.71. The minimum atomic E-state index is -0.0720. The number of likely N-dealkylation sites (tertiary alicyclic amines) is 2. The van der Waals surface area contributed by atoms with Gasteiger partial charge < -0.3 is 19.5 Å². The van der Waals surface area contributed by atoms with Crippen LogP contribution in [0.5, 0.6) is 5.75 Å². The molecule has 2 aromatic heterocycles. The van der Waals surface area contributed by atoms with Crippen molar-refractivity contribution in [1.82, 2.24) is 19.8 Å². The standard InChI is InChI=1S/C25H27ClN4O3/c1-33-18-5-2-17(3-6-18)4-7-21(31)30-15-25(16-30)9-12-29(13-10-25)24(32)20-14-28-23-19(22(20)26)8-11-27-23/h2-3,5-6,8,11,14H,4,7,9-10,12-13,15-16H2,1H3,(H,27,28). The lowest BCUT2D eigenvalue weighted by Crippen LogP contribution is -2.62. The number of carbonyl (C=O) groups excluding carboxylic acids is 2. The molecule has 4 heterocycles. The Morgan fingerprint density at radius 3 is 2.55 bits per heavy atom. The van der Waals surface area contributed by atoms with Crippen molar-refractivity contribution in [3.8, 4) is 5.75 Å². The molecular weight excluding hydrogens is 440 g/mol. The van der Waals surface area contributed by atoms with Crippen molar-refractivity contribution in [1.29, 1.82) is 0 Å². The van der Waals surface area contributed by atoms with Crippen molar-refractivity contribution in [3.05, 3.63) is 58.9 Å². The minimum absolute atomic E-state index is 0.0720. The van der Waals surface area contributed by atoms with Gasteiger partial charge in [0.1, 0.15) is 11.4 Å². The van der Waals surface area contributed by atoms with E-state index in [9.17, 15) is 9.59 Å². The molecule has 2 saturated heterocycles. The first kappa shape index (κ1) is 21.8. The van der Waals surface area contributed by atoms with Crippen molar-refractivity contribution in [2.45, 2.75) is 25.7 Å². The Balaban J connectivity index is 1.12. The number of ether oxygens (including phenoxy) is 1. The highest BCUT2D eigenvalue weighted by Crippen LogP contribution is 2.41. The van der Waals surface area contributed by atoms with Crippen LogP contribution < -0.4 is 4.74 Å². The number of hydrogen-bond acceptors (Lipinski definition) is 4.